The Balaban J connectivity index is 4.00. The Morgan fingerprint density at radius 3 is 2.09 bits per heavy atom. The van der Waals surface area contributed by atoms with Gasteiger partial charge < -0.3 is 0 Å². The van der Waals surface area contributed by atoms with Gasteiger partial charge in [-0.3, -0.25) is 0 Å². The highest BCUT2D eigenvalue weighted by Crippen LogP contribution is 2.15. The zero-order chi connectivity index (χ0) is 9.12. The lowest BCUT2D eigenvalue weighted by molar-refractivity contribution is -0.0799. The summed E-state index contributed by atoms with van der Waals surface area (Å²) in [4.78, 5) is 0. The zero-order valence-corrected chi connectivity index (χ0v) is 6.54. The summed E-state index contributed by atoms with van der Waals surface area (Å²) in [6.45, 7) is 0. The van der Waals surface area contributed by atoms with Crippen molar-refractivity contribution < 1.29 is 21.6 Å². The van der Waals surface area contributed by atoms with Gasteiger partial charge in [-0.15, -0.1) is 0 Å². The van der Waals surface area contributed by atoms with E-state index in [1.165, 1.54) is 0 Å². The molecule has 0 atom stereocenters. The fraction of sp³-hybridized carbons (Fsp3) is 0.600. The van der Waals surface area contributed by atoms with E-state index >= 15 is 0 Å². The van der Waals surface area contributed by atoms with E-state index in [9.17, 15) is 21.6 Å². The molecule has 0 spiro atoms. The molecule has 0 heterocycles. The molecule has 0 radical (unpaired) electrons. The molecule has 2 nitrogen and oxygen atoms in total. The first-order chi connectivity index (χ1) is 4.71. The number of hydrogen-bond acceptors (Lipinski definition) is 2. The van der Waals surface area contributed by atoms with Crippen molar-refractivity contribution in [2.45, 2.75) is 6.18 Å². The van der Waals surface area contributed by atoms with Crippen LogP contribution in [0.25, 0.3) is 0 Å². The van der Waals surface area contributed by atoms with Crippen molar-refractivity contribution in [1.82, 2.24) is 0 Å². The molecule has 0 fully saturated rings. The van der Waals surface area contributed by atoms with Crippen LogP contribution in [0.5, 0.6) is 0 Å². The van der Waals surface area contributed by atoms with Gasteiger partial charge in [-0.05, 0) is 0 Å². The second-order valence-electron chi connectivity index (χ2n) is 2.04. The minimum Gasteiger partial charge on any atom is -0.229 e. The molecule has 0 bridgehead atoms. The molecule has 0 N–H and O–H groups in total. The van der Waals surface area contributed by atoms with Gasteiger partial charge in [-0.2, -0.15) is 13.2 Å². The molecule has 6 heteroatoms. The van der Waals surface area contributed by atoms with Gasteiger partial charge in [-0.1, -0.05) is 6.08 Å². The molecule has 0 saturated carbocycles. The second kappa shape index (κ2) is 3.25. The van der Waals surface area contributed by atoms with Crippen LogP contribution in [0.4, 0.5) is 13.2 Å². The van der Waals surface area contributed by atoms with E-state index in [0.29, 0.717) is 6.08 Å². The molecule has 11 heavy (non-hydrogen) atoms. The van der Waals surface area contributed by atoms with Gasteiger partial charge in [0.15, 0.2) is 9.84 Å². The predicted octanol–water partition coefficient (Wildman–Crippen LogP) is 1.15. The molecule has 0 aliphatic rings. The van der Waals surface area contributed by atoms with E-state index in [1.54, 1.807) is 0 Å². The fourth-order valence-corrected chi connectivity index (χ4v) is 0.802. The topological polar surface area (TPSA) is 34.1 Å². The van der Waals surface area contributed by atoms with Crippen molar-refractivity contribution in [2.75, 3.05) is 12.0 Å². The van der Waals surface area contributed by atoms with Crippen LogP contribution in [0.2, 0.25) is 0 Å². The molecule has 0 saturated heterocycles. The summed E-state index contributed by atoms with van der Waals surface area (Å²) in [6.07, 6.45) is -3.07. The Morgan fingerprint density at radius 2 is 1.82 bits per heavy atom. The minimum atomic E-state index is -4.43. The number of sulfone groups is 1. The third-order valence-corrected chi connectivity index (χ3v) is 1.50. The summed E-state index contributed by atoms with van der Waals surface area (Å²) in [5.74, 6) is -0.577. The Kier molecular flexibility index (Phi) is 3.10. The average molecular weight is 188 g/mol. The Bertz CT molecular complexity index is 237. The van der Waals surface area contributed by atoms with Crippen LogP contribution in [-0.2, 0) is 9.84 Å². The molecule has 0 amide bonds. The first kappa shape index (κ1) is 10.5. The van der Waals surface area contributed by atoms with E-state index < -0.39 is 21.8 Å². The number of allylic oxidation sites excluding steroid dienone is 1. The Hall–Kier alpha value is -0.520. The van der Waals surface area contributed by atoms with Gasteiger partial charge in [0.2, 0.25) is 0 Å². The molecule has 0 rings (SSSR count). The summed E-state index contributed by atoms with van der Waals surface area (Å²) in [5, 5.41) is 0. The lowest BCUT2D eigenvalue weighted by Crippen LogP contribution is -2.04. The molecule has 0 unspecified atom stereocenters. The van der Waals surface area contributed by atoms with Crippen molar-refractivity contribution in [1.29, 1.82) is 0 Å². The highest BCUT2D eigenvalue weighted by atomic mass is 32.2. The first-order valence-corrected chi connectivity index (χ1v) is 4.69. The maximum absolute atomic E-state index is 11.3. The van der Waals surface area contributed by atoms with Crippen LogP contribution >= 0.6 is 0 Å². The molecule has 0 aliphatic heterocycles. The van der Waals surface area contributed by atoms with Crippen molar-refractivity contribution in [3.05, 3.63) is 12.2 Å². The number of rotatable bonds is 2. The van der Waals surface area contributed by atoms with E-state index in [-0.39, 0.29) is 6.08 Å². The Morgan fingerprint density at radius 1 is 1.36 bits per heavy atom. The van der Waals surface area contributed by atoms with Crippen LogP contribution in [-0.4, -0.2) is 26.6 Å². The summed E-state index contributed by atoms with van der Waals surface area (Å²) >= 11 is 0. The van der Waals surface area contributed by atoms with Crippen LogP contribution in [0, 0.1) is 0 Å². The SMILES string of the molecule is CS(=O)(=O)CC=CC(F)(F)F. The fourth-order valence-electron chi connectivity index (χ4n) is 0.357. The van der Waals surface area contributed by atoms with E-state index in [2.05, 4.69) is 0 Å². The monoisotopic (exact) mass is 188 g/mol. The lowest BCUT2D eigenvalue weighted by atomic mass is 10.5. The average Bonchev–Trinajstić information content (AvgIpc) is 1.55. The molecule has 66 valence electrons. The number of halogens is 3. The normalized spacial score (nSPS) is 14.2. The quantitative estimate of drug-likeness (QED) is 0.609. The largest absolute Gasteiger partial charge is 0.409 e. The molecular weight excluding hydrogens is 181 g/mol. The van der Waals surface area contributed by atoms with Crippen LogP contribution in [0.1, 0.15) is 0 Å². The van der Waals surface area contributed by atoms with Gasteiger partial charge in [0.05, 0.1) is 5.75 Å². The van der Waals surface area contributed by atoms with E-state index in [0.717, 1.165) is 6.26 Å². The van der Waals surface area contributed by atoms with Gasteiger partial charge in [0, 0.05) is 12.3 Å². The molecule has 0 aliphatic carbocycles. The molecular formula is C5H7F3O2S. The third-order valence-electron chi connectivity index (χ3n) is 0.706. The molecule has 0 aromatic carbocycles. The standard InChI is InChI=1S/C5H7F3O2S/c1-11(9,10)4-2-3-5(6,7)8/h2-3H,4H2,1H3. The molecule has 0 aromatic rings. The highest BCUT2D eigenvalue weighted by Gasteiger charge is 2.21. The van der Waals surface area contributed by atoms with Crippen molar-refractivity contribution in [2.24, 2.45) is 0 Å². The zero-order valence-electron chi connectivity index (χ0n) is 5.72. The van der Waals surface area contributed by atoms with E-state index in [1.807, 2.05) is 0 Å². The van der Waals surface area contributed by atoms with Crippen LogP contribution in [0.3, 0.4) is 0 Å². The summed E-state index contributed by atoms with van der Waals surface area (Å²) in [6, 6.07) is 0. The lowest BCUT2D eigenvalue weighted by Gasteiger charge is -1.96. The maximum Gasteiger partial charge on any atom is 0.409 e. The first-order valence-electron chi connectivity index (χ1n) is 2.63. The smallest absolute Gasteiger partial charge is 0.229 e. The van der Waals surface area contributed by atoms with Crippen molar-refractivity contribution in [3.8, 4) is 0 Å². The number of alkyl halides is 3. The molecule has 0 aromatic heterocycles. The summed E-state index contributed by atoms with van der Waals surface area (Å²) in [7, 11) is -3.33. The third kappa shape index (κ3) is 9.48. The van der Waals surface area contributed by atoms with Crippen molar-refractivity contribution >= 4 is 9.84 Å². The minimum absolute atomic E-state index is 0.0892. The van der Waals surface area contributed by atoms with Gasteiger partial charge in [0.25, 0.3) is 0 Å². The van der Waals surface area contributed by atoms with Gasteiger partial charge in [-0.25, -0.2) is 8.42 Å². The van der Waals surface area contributed by atoms with Crippen LogP contribution in [0.15, 0.2) is 12.2 Å². The van der Waals surface area contributed by atoms with Crippen LogP contribution < -0.4 is 0 Å². The van der Waals surface area contributed by atoms with E-state index in [4.69, 9.17) is 0 Å². The Labute approximate surface area is 62.6 Å². The maximum atomic E-state index is 11.3. The van der Waals surface area contributed by atoms with Gasteiger partial charge in [0.1, 0.15) is 0 Å². The van der Waals surface area contributed by atoms with Gasteiger partial charge >= 0.3 is 6.18 Å². The second-order valence-corrected chi connectivity index (χ2v) is 4.22. The predicted molar refractivity (Wildman–Crippen MR) is 34.9 cm³/mol. The van der Waals surface area contributed by atoms with Crippen molar-refractivity contribution in [3.63, 3.8) is 0 Å². The summed E-state index contributed by atoms with van der Waals surface area (Å²) < 4.78 is 54.6. The summed E-state index contributed by atoms with van der Waals surface area (Å²) in [5.41, 5.74) is 0. The number of hydrogen-bond donors (Lipinski definition) is 0. The highest BCUT2D eigenvalue weighted by molar-refractivity contribution is 7.90.